The third-order valence-corrected chi connectivity index (χ3v) is 4.24. The van der Waals surface area contributed by atoms with Crippen LogP contribution in [0.5, 0.6) is 5.75 Å². The van der Waals surface area contributed by atoms with Gasteiger partial charge >= 0.3 is 0 Å². The molecular formula is C17H21NO2S. The van der Waals surface area contributed by atoms with Crippen molar-refractivity contribution in [3.8, 4) is 5.75 Å². The van der Waals surface area contributed by atoms with Gasteiger partial charge in [0, 0.05) is 17.5 Å². The molecule has 0 spiro atoms. The van der Waals surface area contributed by atoms with E-state index in [0.717, 1.165) is 18.3 Å². The second-order valence-corrected chi connectivity index (χ2v) is 6.32. The molecule has 3 nitrogen and oxygen atoms in total. The Kier molecular flexibility index (Phi) is 5.27. The number of hydrogen-bond donors (Lipinski definition) is 1. The van der Waals surface area contributed by atoms with Gasteiger partial charge < -0.3 is 14.8 Å². The first-order chi connectivity index (χ1) is 10.4. The molecule has 1 saturated carbocycles. The lowest BCUT2D eigenvalue weighted by atomic mass is 10.2. The van der Waals surface area contributed by atoms with Crippen molar-refractivity contribution in [1.29, 1.82) is 0 Å². The van der Waals surface area contributed by atoms with Crippen LogP contribution in [0.15, 0.2) is 41.8 Å². The fourth-order valence-corrected chi connectivity index (χ4v) is 2.72. The average Bonchev–Trinajstić information content (AvgIpc) is 3.20. The normalized spacial score (nSPS) is 14.3. The van der Waals surface area contributed by atoms with E-state index in [1.807, 2.05) is 18.2 Å². The molecule has 1 fully saturated rings. The van der Waals surface area contributed by atoms with Crippen molar-refractivity contribution in [1.82, 2.24) is 5.32 Å². The highest BCUT2D eigenvalue weighted by molar-refractivity contribution is 7.09. The van der Waals surface area contributed by atoms with Gasteiger partial charge in [0.1, 0.15) is 12.4 Å². The lowest BCUT2D eigenvalue weighted by Crippen LogP contribution is -2.15. The molecule has 1 aromatic heterocycles. The minimum absolute atomic E-state index is 0.588. The van der Waals surface area contributed by atoms with Crippen molar-refractivity contribution in [2.24, 2.45) is 0 Å². The summed E-state index contributed by atoms with van der Waals surface area (Å²) in [4.78, 5) is 1.25. The van der Waals surface area contributed by atoms with E-state index in [4.69, 9.17) is 9.47 Å². The van der Waals surface area contributed by atoms with Crippen LogP contribution in [-0.2, 0) is 17.9 Å². The summed E-state index contributed by atoms with van der Waals surface area (Å²) in [6.45, 7) is 2.80. The van der Waals surface area contributed by atoms with E-state index in [-0.39, 0.29) is 0 Å². The third-order valence-electron chi connectivity index (χ3n) is 3.39. The van der Waals surface area contributed by atoms with E-state index >= 15 is 0 Å². The van der Waals surface area contributed by atoms with Gasteiger partial charge in [-0.1, -0.05) is 18.2 Å². The van der Waals surface area contributed by atoms with Crippen LogP contribution in [0.1, 0.15) is 23.3 Å². The highest BCUT2D eigenvalue weighted by Gasteiger charge is 2.19. The lowest BCUT2D eigenvalue weighted by molar-refractivity contribution is 0.0905. The van der Waals surface area contributed by atoms with Crippen LogP contribution in [0.25, 0.3) is 0 Å². The summed E-state index contributed by atoms with van der Waals surface area (Å²) >= 11 is 1.72. The van der Waals surface area contributed by atoms with Crippen molar-refractivity contribution in [2.75, 3.05) is 13.2 Å². The highest BCUT2D eigenvalue weighted by atomic mass is 32.1. The van der Waals surface area contributed by atoms with Gasteiger partial charge in [0.05, 0.1) is 13.2 Å². The predicted molar refractivity (Wildman–Crippen MR) is 85.8 cm³/mol. The summed E-state index contributed by atoms with van der Waals surface area (Å²) in [5.41, 5.74) is 1.28. The van der Waals surface area contributed by atoms with Crippen LogP contribution in [0.2, 0.25) is 0 Å². The van der Waals surface area contributed by atoms with Crippen LogP contribution in [0.3, 0.4) is 0 Å². The number of hydrogen-bond acceptors (Lipinski definition) is 4. The van der Waals surface area contributed by atoms with Crippen LogP contribution >= 0.6 is 11.3 Å². The summed E-state index contributed by atoms with van der Waals surface area (Å²) in [5.74, 6) is 0.921. The first-order valence-electron chi connectivity index (χ1n) is 7.45. The Morgan fingerprint density at radius 2 is 2.10 bits per heavy atom. The summed E-state index contributed by atoms with van der Waals surface area (Å²) in [5, 5.41) is 5.58. The Hall–Kier alpha value is -1.36. The molecule has 2 aromatic rings. The fourth-order valence-electron chi connectivity index (χ4n) is 2.08. The average molecular weight is 303 g/mol. The smallest absolute Gasteiger partial charge is 0.119 e. The van der Waals surface area contributed by atoms with E-state index in [2.05, 4.69) is 28.9 Å². The molecule has 0 amide bonds. The van der Waals surface area contributed by atoms with Gasteiger partial charge in [-0.05, 0) is 42.0 Å². The van der Waals surface area contributed by atoms with Crippen LogP contribution in [0.4, 0.5) is 0 Å². The predicted octanol–water partition coefficient (Wildman–Crippen LogP) is 3.60. The molecule has 0 atom stereocenters. The largest absolute Gasteiger partial charge is 0.491 e. The van der Waals surface area contributed by atoms with E-state index < -0.39 is 0 Å². The SMILES string of the molecule is c1cc(CNC2CC2)cc(OCCOCc2cccs2)c1. The Balaban J connectivity index is 1.35. The van der Waals surface area contributed by atoms with Gasteiger partial charge in [0.2, 0.25) is 0 Å². The molecule has 1 aromatic carbocycles. The lowest BCUT2D eigenvalue weighted by Gasteiger charge is -2.09. The molecular weight excluding hydrogens is 282 g/mol. The van der Waals surface area contributed by atoms with Crippen LogP contribution in [-0.4, -0.2) is 19.3 Å². The standard InChI is InChI=1S/C17H21NO2S/c1-3-14(12-18-15-6-7-15)11-16(4-1)20-9-8-19-13-17-5-2-10-21-17/h1-5,10-11,15,18H,6-9,12-13H2. The van der Waals surface area contributed by atoms with E-state index in [1.165, 1.54) is 23.3 Å². The molecule has 0 radical (unpaired) electrons. The number of ether oxygens (including phenoxy) is 2. The second-order valence-electron chi connectivity index (χ2n) is 5.28. The Bertz CT molecular complexity index is 537. The van der Waals surface area contributed by atoms with Gasteiger partial charge in [-0.15, -0.1) is 11.3 Å². The van der Waals surface area contributed by atoms with Gasteiger partial charge in [-0.2, -0.15) is 0 Å². The molecule has 4 heteroatoms. The van der Waals surface area contributed by atoms with Crippen molar-refractivity contribution in [2.45, 2.75) is 32.0 Å². The maximum atomic E-state index is 5.74. The molecule has 1 heterocycles. The molecule has 1 aliphatic rings. The van der Waals surface area contributed by atoms with Crippen molar-refractivity contribution in [3.05, 3.63) is 52.2 Å². The van der Waals surface area contributed by atoms with Gasteiger partial charge in [0.25, 0.3) is 0 Å². The minimum Gasteiger partial charge on any atom is -0.491 e. The summed E-state index contributed by atoms with van der Waals surface area (Å²) in [7, 11) is 0. The van der Waals surface area contributed by atoms with Crippen molar-refractivity contribution in [3.63, 3.8) is 0 Å². The summed E-state index contributed by atoms with van der Waals surface area (Å²) in [6, 6.07) is 13.2. The number of thiophene rings is 1. The topological polar surface area (TPSA) is 30.5 Å². The maximum Gasteiger partial charge on any atom is 0.119 e. The second kappa shape index (κ2) is 7.59. The zero-order valence-corrected chi connectivity index (χ0v) is 12.9. The quantitative estimate of drug-likeness (QED) is 0.718. The first-order valence-corrected chi connectivity index (χ1v) is 8.33. The Morgan fingerprint density at radius 1 is 1.14 bits per heavy atom. The minimum atomic E-state index is 0.588. The Morgan fingerprint density at radius 3 is 2.90 bits per heavy atom. The van der Waals surface area contributed by atoms with E-state index in [9.17, 15) is 0 Å². The molecule has 0 aliphatic heterocycles. The van der Waals surface area contributed by atoms with Crippen molar-refractivity contribution >= 4 is 11.3 Å². The zero-order valence-electron chi connectivity index (χ0n) is 12.1. The Labute approximate surface area is 129 Å². The van der Waals surface area contributed by atoms with Crippen LogP contribution in [0, 0.1) is 0 Å². The molecule has 0 unspecified atom stereocenters. The zero-order chi connectivity index (χ0) is 14.3. The molecule has 3 rings (SSSR count). The number of nitrogens with one attached hydrogen (secondary N) is 1. The fraction of sp³-hybridized carbons (Fsp3) is 0.412. The maximum absolute atomic E-state index is 5.74. The van der Waals surface area contributed by atoms with Crippen molar-refractivity contribution < 1.29 is 9.47 Å². The summed E-state index contributed by atoms with van der Waals surface area (Å²) < 4.78 is 11.3. The summed E-state index contributed by atoms with van der Waals surface area (Å²) in [6.07, 6.45) is 2.63. The number of rotatable bonds is 9. The molecule has 1 aliphatic carbocycles. The van der Waals surface area contributed by atoms with Crippen LogP contribution < -0.4 is 10.1 Å². The van der Waals surface area contributed by atoms with Gasteiger partial charge in [-0.25, -0.2) is 0 Å². The number of benzene rings is 1. The molecule has 0 bridgehead atoms. The molecule has 21 heavy (non-hydrogen) atoms. The first kappa shape index (κ1) is 14.6. The third kappa shape index (κ3) is 5.16. The van der Waals surface area contributed by atoms with E-state index in [0.29, 0.717) is 19.8 Å². The van der Waals surface area contributed by atoms with E-state index in [1.54, 1.807) is 11.3 Å². The molecule has 0 saturated heterocycles. The highest BCUT2D eigenvalue weighted by Crippen LogP contribution is 2.20. The molecule has 1 N–H and O–H groups in total. The van der Waals surface area contributed by atoms with Gasteiger partial charge in [-0.3, -0.25) is 0 Å². The van der Waals surface area contributed by atoms with Gasteiger partial charge in [0.15, 0.2) is 0 Å². The molecule has 112 valence electrons. The monoisotopic (exact) mass is 303 g/mol.